The fraction of sp³-hybridized carbons (Fsp3) is 0.0588. The van der Waals surface area contributed by atoms with Crippen LogP contribution in [0.3, 0.4) is 0 Å². The van der Waals surface area contributed by atoms with Crippen LogP contribution in [0.15, 0.2) is 45.8 Å². The molecule has 0 aliphatic rings. The van der Waals surface area contributed by atoms with E-state index >= 15 is 4.39 Å². The molecule has 0 radical (unpaired) electrons. The molecule has 0 saturated carbocycles. The number of halogens is 3. The molecule has 7 heteroatoms. The Labute approximate surface area is 142 Å². The average molecular weight is 390 g/mol. The summed E-state index contributed by atoms with van der Waals surface area (Å²) in [5, 5.41) is 0.604. The largest absolute Gasteiger partial charge is 0.331 e. The average Bonchev–Trinajstić information content (AvgIpc) is 2.85. The second-order valence-corrected chi connectivity index (χ2v) is 6.39. The molecule has 0 bridgehead atoms. The lowest BCUT2D eigenvalue weighted by atomic mass is 10.1. The molecule has 0 aliphatic heterocycles. The Kier molecular flexibility index (Phi) is 3.28. The standard InChI is InChI=1S/C17H10BrF2N3O/c1-8-4-5-21-15-10(8)7-12-16(14(15)20)23(17(24)22-12)13-3-2-9(18)6-11(13)19/h2-7H,1H3,(H,22,24). The molecule has 0 amide bonds. The summed E-state index contributed by atoms with van der Waals surface area (Å²) in [5.41, 5.74) is 0.616. The Bertz CT molecular complexity index is 1180. The van der Waals surface area contributed by atoms with Gasteiger partial charge in [0.25, 0.3) is 0 Å². The second kappa shape index (κ2) is 5.24. The molecule has 2 aromatic carbocycles. The first-order valence-corrected chi connectivity index (χ1v) is 7.90. The van der Waals surface area contributed by atoms with Gasteiger partial charge in [-0.15, -0.1) is 0 Å². The van der Waals surface area contributed by atoms with Crippen molar-refractivity contribution in [1.82, 2.24) is 14.5 Å². The van der Waals surface area contributed by atoms with E-state index in [9.17, 15) is 9.18 Å². The first kappa shape index (κ1) is 15.0. The Morgan fingerprint density at radius 1 is 1.21 bits per heavy atom. The fourth-order valence-electron chi connectivity index (χ4n) is 2.85. The molecule has 0 unspecified atom stereocenters. The molecule has 0 aliphatic carbocycles. The summed E-state index contributed by atoms with van der Waals surface area (Å²) in [6, 6.07) is 7.65. The Balaban J connectivity index is 2.18. The summed E-state index contributed by atoms with van der Waals surface area (Å²) in [6.07, 6.45) is 1.50. The minimum atomic E-state index is -0.660. The van der Waals surface area contributed by atoms with E-state index in [2.05, 4.69) is 25.9 Å². The molecular formula is C17H10BrF2N3O. The van der Waals surface area contributed by atoms with Crippen LogP contribution in [0.2, 0.25) is 0 Å². The topological polar surface area (TPSA) is 50.7 Å². The van der Waals surface area contributed by atoms with Gasteiger partial charge in [-0.3, -0.25) is 9.55 Å². The minimum Gasteiger partial charge on any atom is -0.305 e. The zero-order valence-electron chi connectivity index (χ0n) is 12.4. The van der Waals surface area contributed by atoms with Crippen molar-refractivity contribution < 1.29 is 8.78 Å². The third kappa shape index (κ3) is 2.08. The van der Waals surface area contributed by atoms with Crippen LogP contribution in [0.4, 0.5) is 8.78 Å². The number of rotatable bonds is 1. The quantitative estimate of drug-likeness (QED) is 0.529. The van der Waals surface area contributed by atoms with Gasteiger partial charge in [0.1, 0.15) is 16.9 Å². The van der Waals surface area contributed by atoms with Gasteiger partial charge in [0.15, 0.2) is 5.82 Å². The van der Waals surface area contributed by atoms with Gasteiger partial charge in [0.05, 0.1) is 11.2 Å². The number of aromatic nitrogens is 3. The maximum absolute atomic E-state index is 15.0. The lowest BCUT2D eigenvalue weighted by molar-refractivity contribution is 0.613. The number of pyridine rings is 1. The number of hydrogen-bond acceptors (Lipinski definition) is 2. The lowest BCUT2D eigenvalue weighted by Crippen LogP contribution is -2.16. The van der Waals surface area contributed by atoms with E-state index in [0.29, 0.717) is 15.4 Å². The Morgan fingerprint density at radius 2 is 2.00 bits per heavy atom. The molecule has 0 atom stereocenters. The van der Waals surface area contributed by atoms with Crippen LogP contribution in [-0.4, -0.2) is 14.5 Å². The fourth-order valence-corrected chi connectivity index (χ4v) is 3.18. The zero-order chi connectivity index (χ0) is 17.0. The van der Waals surface area contributed by atoms with E-state index < -0.39 is 17.3 Å². The van der Waals surface area contributed by atoms with Gasteiger partial charge in [-0.05, 0) is 42.8 Å². The van der Waals surface area contributed by atoms with Crippen molar-refractivity contribution in [2.45, 2.75) is 6.92 Å². The molecule has 4 aromatic rings. The number of H-pyrrole nitrogens is 1. The summed E-state index contributed by atoms with van der Waals surface area (Å²) < 4.78 is 30.9. The van der Waals surface area contributed by atoms with Gasteiger partial charge >= 0.3 is 5.69 Å². The summed E-state index contributed by atoms with van der Waals surface area (Å²) in [5.74, 6) is -1.30. The van der Waals surface area contributed by atoms with Crippen molar-refractivity contribution in [1.29, 1.82) is 0 Å². The summed E-state index contributed by atoms with van der Waals surface area (Å²) in [6.45, 7) is 1.83. The van der Waals surface area contributed by atoms with Crippen molar-refractivity contribution in [2.24, 2.45) is 0 Å². The first-order valence-electron chi connectivity index (χ1n) is 7.11. The first-order chi connectivity index (χ1) is 11.5. The van der Waals surface area contributed by atoms with Crippen LogP contribution in [-0.2, 0) is 0 Å². The molecule has 4 nitrogen and oxygen atoms in total. The SMILES string of the molecule is Cc1ccnc2c(F)c3c(cc12)[nH]c(=O)n3-c1ccc(Br)cc1F. The second-order valence-electron chi connectivity index (χ2n) is 5.47. The van der Waals surface area contributed by atoms with Gasteiger partial charge in [-0.1, -0.05) is 15.9 Å². The van der Waals surface area contributed by atoms with E-state index in [4.69, 9.17) is 0 Å². The predicted molar refractivity (Wildman–Crippen MR) is 91.5 cm³/mol. The van der Waals surface area contributed by atoms with Crippen LogP contribution in [0.25, 0.3) is 27.6 Å². The number of aromatic amines is 1. The Hall–Kier alpha value is -2.54. The highest BCUT2D eigenvalue weighted by molar-refractivity contribution is 9.10. The molecule has 0 fully saturated rings. The highest BCUT2D eigenvalue weighted by atomic mass is 79.9. The van der Waals surface area contributed by atoms with E-state index in [1.807, 2.05) is 6.92 Å². The Morgan fingerprint density at radius 3 is 2.75 bits per heavy atom. The number of nitrogens with zero attached hydrogens (tertiary/aromatic N) is 2. The monoisotopic (exact) mass is 389 g/mol. The zero-order valence-corrected chi connectivity index (χ0v) is 14.0. The van der Waals surface area contributed by atoms with Crippen LogP contribution in [0.1, 0.15) is 5.56 Å². The van der Waals surface area contributed by atoms with E-state index in [0.717, 1.165) is 10.1 Å². The summed E-state index contributed by atoms with van der Waals surface area (Å²) in [7, 11) is 0. The molecule has 2 aromatic heterocycles. The van der Waals surface area contributed by atoms with Gasteiger partial charge < -0.3 is 4.98 Å². The highest BCUT2D eigenvalue weighted by Crippen LogP contribution is 2.28. The van der Waals surface area contributed by atoms with Crippen molar-refractivity contribution in [3.63, 3.8) is 0 Å². The number of hydrogen-bond donors (Lipinski definition) is 1. The lowest BCUT2D eigenvalue weighted by Gasteiger charge is -2.08. The molecule has 1 N–H and O–H groups in total. The van der Waals surface area contributed by atoms with Crippen molar-refractivity contribution in [3.05, 3.63) is 68.7 Å². The smallest absolute Gasteiger partial charge is 0.305 e. The summed E-state index contributed by atoms with van der Waals surface area (Å²) in [4.78, 5) is 19.0. The normalized spacial score (nSPS) is 11.5. The third-order valence-corrected chi connectivity index (χ3v) is 4.48. The highest BCUT2D eigenvalue weighted by Gasteiger charge is 2.19. The third-order valence-electron chi connectivity index (χ3n) is 3.99. The van der Waals surface area contributed by atoms with E-state index in [1.54, 1.807) is 18.2 Å². The molecule has 0 saturated heterocycles. The van der Waals surface area contributed by atoms with E-state index in [-0.39, 0.29) is 16.7 Å². The molecule has 4 rings (SSSR count). The molecule has 24 heavy (non-hydrogen) atoms. The van der Waals surface area contributed by atoms with Crippen LogP contribution in [0, 0.1) is 18.6 Å². The number of aryl methyl sites for hydroxylation is 1. The van der Waals surface area contributed by atoms with Crippen LogP contribution < -0.4 is 5.69 Å². The number of nitrogens with one attached hydrogen (secondary N) is 1. The van der Waals surface area contributed by atoms with Gasteiger partial charge in [-0.25, -0.2) is 13.6 Å². The maximum Gasteiger partial charge on any atom is 0.331 e. The van der Waals surface area contributed by atoms with Gasteiger partial charge in [0.2, 0.25) is 0 Å². The van der Waals surface area contributed by atoms with E-state index in [1.165, 1.54) is 18.3 Å². The van der Waals surface area contributed by atoms with Crippen molar-refractivity contribution in [3.8, 4) is 5.69 Å². The van der Waals surface area contributed by atoms with Gasteiger partial charge in [-0.2, -0.15) is 0 Å². The maximum atomic E-state index is 15.0. The molecule has 120 valence electrons. The minimum absolute atomic E-state index is 0.0215. The van der Waals surface area contributed by atoms with Crippen LogP contribution in [0.5, 0.6) is 0 Å². The van der Waals surface area contributed by atoms with Crippen molar-refractivity contribution in [2.75, 3.05) is 0 Å². The molecular weight excluding hydrogens is 380 g/mol. The molecule has 0 spiro atoms. The molecule has 2 heterocycles. The predicted octanol–water partition coefficient (Wildman–Crippen LogP) is 4.22. The van der Waals surface area contributed by atoms with Crippen molar-refractivity contribution >= 4 is 37.9 Å². The number of imidazole rings is 1. The number of fused-ring (bicyclic) bond motifs is 2. The van der Waals surface area contributed by atoms with Gasteiger partial charge in [0, 0.05) is 16.1 Å². The number of benzene rings is 2. The van der Waals surface area contributed by atoms with Crippen LogP contribution >= 0.6 is 15.9 Å². The summed E-state index contributed by atoms with van der Waals surface area (Å²) >= 11 is 3.16.